The molecule has 14 heteroatoms. The predicted molar refractivity (Wildman–Crippen MR) is 132 cm³/mol. The van der Waals surface area contributed by atoms with E-state index in [4.69, 9.17) is 9.15 Å². The van der Waals surface area contributed by atoms with Crippen LogP contribution in [0.4, 0.5) is 8.78 Å². The molecule has 4 heterocycles. The van der Waals surface area contributed by atoms with Crippen LogP contribution in [0.15, 0.2) is 58.1 Å². The Morgan fingerprint density at radius 1 is 1.08 bits per heavy atom. The monoisotopic (exact) mass is 537 g/mol. The SMILES string of the molecule is CC(F)Oc1cncc(CNC(=O)c2cc(C(=O)NCc3ccc4oc(=O)n(C)c4c3)nc3c(F)cnn23)c1. The lowest BCUT2D eigenvalue weighted by Crippen LogP contribution is -2.28. The maximum Gasteiger partial charge on any atom is 0.419 e. The Morgan fingerprint density at radius 2 is 1.85 bits per heavy atom. The third-order valence-corrected chi connectivity index (χ3v) is 5.72. The molecular formula is C25H21F2N7O5. The van der Waals surface area contributed by atoms with Crippen LogP contribution in [0, 0.1) is 5.82 Å². The van der Waals surface area contributed by atoms with E-state index >= 15 is 0 Å². The van der Waals surface area contributed by atoms with E-state index in [0.29, 0.717) is 22.2 Å². The van der Waals surface area contributed by atoms with E-state index in [2.05, 4.69) is 25.7 Å². The molecule has 0 saturated heterocycles. The summed E-state index contributed by atoms with van der Waals surface area (Å²) < 4.78 is 39.9. The molecule has 12 nitrogen and oxygen atoms in total. The zero-order valence-electron chi connectivity index (χ0n) is 20.6. The number of amides is 2. The lowest BCUT2D eigenvalue weighted by molar-refractivity contribution is 0.0853. The van der Waals surface area contributed by atoms with Gasteiger partial charge in [0.05, 0.1) is 17.9 Å². The van der Waals surface area contributed by atoms with Gasteiger partial charge in [-0.25, -0.2) is 23.1 Å². The van der Waals surface area contributed by atoms with Gasteiger partial charge < -0.3 is 19.8 Å². The van der Waals surface area contributed by atoms with Crippen molar-refractivity contribution in [2.24, 2.45) is 7.05 Å². The Morgan fingerprint density at radius 3 is 2.64 bits per heavy atom. The number of carbonyl (C=O) groups is 2. The summed E-state index contributed by atoms with van der Waals surface area (Å²) in [6.07, 6.45) is 2.14. The topological polar surface area (TPSA) is 146 Å². The molecule has 1 unspecified atom stereocenters. The summed E-state index contributed by atoms with van der Waals surface area (Å²) in [5.74, 6) is -2.48. The zero-order valence-corrected chi connectivity index (χ0v) is 20.6. The number of hydrogen-bond acceptors (Lipinski definition) is 8. The molecule has 0 saturated carbocycles. The van der Waals surface area contributed by atoms with E-state index in [1.807, 2.05) is 0 Å². The molecule has 1 atom stereocenters. The highest BCUT2D eigenvalue weighted by Gasteiger charge is 2.20. The molecule has 200 valence electrons. The van der Waals surface area contributed by atoms with Gasteiger partial charge >= 0.3 is 5.76 Å². The van der Waals surface area contributed by atoms with Gasteiger partial charge in [0.1, 0.15) is 17.1 Å². The maximum atomic E-state index is 14.4. The van der Waals surface area contributed by atoms with Crippen LogP contribution in [0.5, 0.6) is 5.75 Å². The van der Waals surface area contributed by atoms with Gasteiger partial charge in [-0.3, -0.25) is 19.1 Å². The summed E-state index contributed by atoms with van der Waals surface area (Å²) in [5.41, 5.74) is 1.49. The molecule has 0 fully saturated rings. The molecule has 2 amide bonds. The van der Waals surface area contributed by atoms with Crippen molar-refractivity contribution in [3.63, 3.8) is 0 Å². The van der Waals surface area contributed by atoms with Gasteiger partial charge in [0.25, 0.3) is 11.8 Å². The highest BCUT2D eigenvalue weighted by molar-refractivity contribution is 5.98. The molecule has 0 aliphatic carbocycles. The second kappa shape index (κ2) is 10.3. The smallest absolute Gasteiger partial charge is 0.419 e. The second-order valence-corrected chi connectivity index (χ2v) is 8.54. The average molecular weight is 537 g/mol. The van der Waals surface area contributed by atoms with E-state index in [1.54, 1.807) is 25.2 Å². The van der Waals surface area contributed by atoms with E-state index in [-0.39, 0.29) is 35.9 Å². The quantitative estimate of drug-likeness (QED) is 0.307. The first-order valence-corrected chi connectivity index (χ1v) is 11.6. The average Bonchev–Trinajstić information content (AvgIpc) is 3.43. The number of aryl methyl sites for hydroxylation is 1. The van der Waals surface area contributed by atoms with Crippen LogP contribution in [0.2, 0.25) is 0 Å². The third-order valence-electron chi connectivity index (χ3n) is 5.72. The molecule has 0 aliphatic rings. The Kier molecular flexibility index (Phi) is 6.75. The summed E-state index contributed by atoms with van der Waals surface area (Å²) in [6.45, 7) is 1.27. The number of ether oxygens (including phenoxy) is 1. The van der Waals surface area contributed by atoms with Crippen LogP contribution in [-0.4, -0.2) is 42.3 Å². The fourth-order valence-electron chi connectivity index (χ4n) is 3.85. The molecule has 0 radical (unpaired) electrons. The van der Waals surface area contributed by atoms with Gasteiger partial charge in [0.15, 0.2) is 17.0 Å². The molecule has 5 rings (SSSR count). The second-order valence-electron chi connectivity index (χ2n) is 8.54. The molecule has 39 heavy (non-hydrogen) atoms. The number of halogens is 2. The highest BCUT2D eigenvalue weighted by atomic mass is 19.1. The van der Waals surface area contributed by atoms with Crippen molar-refractivity contribution in [3.8, 4) is 5.75 Å². The lowest BCUT2D eigenvalue weighted by Gasteiger charge is -2.11. The van der Waals surface area contributed by atoms with Crippen molar-refractivity contribution in [1.29, 1.82) is 0 Å². The number of hydrogen-bond donors (Lipinski definition) is 2. The summed E-state index contributed by atoms with van der Waals surface area (Å²) in [7, 11) is 1.56. The van der Waals surface area contributed by atoms with Crippen LogP contribution < -0.4 is 21.1 Å². The summed E-state index contributed by atoms with van der Waals surface area (Å²) >= 11 is 0. The molecule has 0 spiro atoms. The largest absolute Gasteiger partial charge is 0.459 e. The minimum absolute atomic E-state index is 0.0161. The molecule has 2 N–H and O–H groups in total. The molecule has 4 aromatic heterocycles. The number of pyridine rings is 1. The molecule has 0 bridgehead atoms. The van der Waals surface area contributed by atoms with Gasteiger partial charge in [-0.05, 0) is 29.3 Å². The molecule has 1 aromatic carbocycles. The number of nitrogens with zero attached hydrogens (tertiary/aromatic N) is 5. The van der Waals surface area contributed by atoms with Crippen LogP contribution in [0.25, 0.3) is 16.7 Å². The fourth-order valence-corrected chi connectivity index (χ4v) is 3.85. The van der Waals surface area contributed by atoms with Crippen LogP contribution in [0.1, 0.15) is 39.0 Å². The minimum atomic E-state index is -1.54. The standard InChI is InChI=1S/C25H21F2N7O5/c1-13(26)38-16-5-15(8-28-11-16)10-30-24(36)20-7-18(32-22-17(27)12-31-34(20)22)23(35)29-9-14-3-4-21-19(6-14)33(2)25(37)39-21/h3-8,11-13H,9-10H2,1-2H3,(H,29,35)(H,30,36). The number of fused-ring (bicyclic) bond motifs is 2. The predicted octanol–water partition coefficient (Wildman–Crippen LogP) is 2.26. The number of benzene rings is 1. The van der Waals surface area contributed by atoms with Crippen LogP contribution in [0.3, 0.4) is 0 Å². The normalized spacial score (nSPS) is 12.0. The van der Waals surface area contributed by atoms with E-state index in [1.165, 1.54) is 36.0 Å². The van der Waals surface area contributed by atoms with Gasteiger partial charge in [-0.2, -0.15) is 5.10 Å². The summed E-state index contributed by atoms with van der Waals surface area (Å²) in [5, 5.41) is 9.16. The number of rotatable bonds is 8. The number of aromatic nitrogens is 5. The van der Waals surface area contributed by atoms with Crippen molar-refractivity contribution in [2.75, 3.05) is 0 Å². The molecular weight excluding hydrogens is 516 g/mol. The first kappa shape index (κ1) is 25.5. The number of carbonyl (C=O) groups excluding carboxylic acids is 2. The number of alkyl halides is 1. The number of oxazole rings is 1. The Bertz CT molecular complexity index is 1780. The lowest BCUT2D eigenvalue weighted by atomic mass is 10.2. The van der Waals surface area contributed by atoms with Crippen molar-refractivity contribution in [3.05, 3.63) is 87.8 Å². The first-order valence-electron chi connectivity index (χ1n) is 11.6. The summed E-state index contributed by atoms with van der Waals surface area (Å²) in [4.78, 5) is 45.6. The molecule has 0 aliphatic heterocycles. The Hall–Kier alpha value is -5.14. The highest BCUT2D eigenvalue weighted by Crippen LogP contribution is 2.16. The first-order chi connectivity index (χ1) is 18.7. The maximum absolute atomic E-state index is 14.4. The Labute approximate surface area is 218 Å². The van der Waals surface area contributed by atoms with Crippen molar-refractivity contribution < 1.29 is 27.5 Å². The Balaban J connectivity index is 1.34. The van der Waals surface area contributed by atoms with E-state index < -0.39 is 29.7 Å². The van der Waals surface area contributed by atoms with Crippen molar-refractivity contribution in [1.82, 2.24) is 34.8 Å². The van der Waals surface area contributed by atoms with Crippen LogP contribution >= 0.6 is 0 Å². The zero-order chi connectivity index (χ0) is 27.7. The van der Waals surface area contributed by atoms with E-state index in [0.717, 1.165) is 10.7 Å². The number of nitrogens with one attached hydrogen (secondary N) is 2. The van der Waals surface area contributed by atoms with Gasteiger partial charge in [0, 0.05) is 39.3 Å². The molecule has 5 aromatic rings. The minimum Gasteiger partial charge on any atom is -0.459 e. The van der Waals surface area contributed by atoms with Gasteiger partial charge in [-0.15, -0.1) is 0 Å². The van der Waals surface area contributed by atoms with Crippen molar-refractivity contribution in [2.45, 2.75) is 26.4 Å². The summed E-state index contributed by atoms with van der Waals surface area (Å²) in [6, 6.07) is 7.69. The fraction of sp³-hybridized carbons (Fsp3) is 0.200. The van der Waals surface area contributed by atoms with Crippen molar-refractivity contribution >= 4 is 28.6 Å². The third kappa shape index (κ3) is 5.30. The van der Waals surface area contributed by atoms with Gasteiger partial charge in [-0.1, -0.05) is 6.07 Å². The van der Waals surface area contributed by atoms with Crippen LogP contribution in [-0.2, 0) is 20.1 Å². The van der Waals surface area contributed by atoms with E-state index in [9.17, 15) is 23.2 Å². The van der Waals surface area contributed by atoms with Gasteiger partial charge in [0.2, 0.25) is 6.36 Å².